The van der Waals surface area contributed by atoms with Crippen LogP contribution in [0.2, 0.25) is 0 Å². The summed E-state index contributed by atoms with van der Waals surface area (Å²) in [6.45, 7) is 3.50. The molecule has 2 heterocycles. The Kier molecular flexibility index (Phi) is 4.79. The van der Waals surface area contributed by atoms with E-state index in [0.717, 1.165) is 5.56 Å². The summed E-state index contributed by atoms with van der Waals surface area (Å²) in [5, 5.41) is 9.91. The van der Waals surface area contributed by atoms with Crippen molar-refractivity contribution in [2.45, 2.75) is 25.9 Å². The van der Waals surface area contributed by atoms with Crippen molar-refractivity contribution in [1.82, 2.24) is 20.0 Å². The third kappa shape index (κ3) is 3.92. The van der Waals surface area contributed by atoms with Crippen molar-refractivity contribution in [3.63, 3.8) is 0 Å². The van der Waals surface area contributed by atoms with Gasteiger partial charge in [-0.2, -0.15) is 5.10 Å². The summed E-state index contributed by atoms with van der Waals surface area (Å²) in [6, 6.07) is 9.66. The van der Waals surface area contributed by atoms with E-state index in [9.17, 15) is 9.59 Å². The van der Waals surface area contributed by atoms with Gasteiger partial charge in [0.15, 0.2) is 0 Å². The van der Waals surface area contributed by atoms with Crippen molar-refractivity contribution in [1.29, 1.82) is 0 Å². The van der Waals surface area contributed by atoms with E-state index < -0.39 is 0 Å². The smallest absolute Gasteiger partial charge is 0.322 e. The second kappa shape index (κ2) is 7.16. The lowest BCUT2D eigenvalue weighted by Crippen LogP contribution is -2.42. The Hall–Kier alpha value is -2.83. The van der Waals surface area contributed by atoms with Crippen LogP contribution in [0.15, 0.2) is 42.7 Å². The van der Waals surface area contributed by atoms with E-state index in [1.807, 2.05) is 37.3 Å². The molecule has 0 spiro atoms. The highest BCUT2D eigenvalue weighted by atomic mass is 16.2. The molecule has 1 aromatic carbocycles. The van der Waals surface area contributed by atoms with E-state index in [-0.39, 0.29) is 18.0 Å². The monoisotopic (exact) mass is 327 g/mol. The third-order valence-electron chi connectivity index (χ3n) is 4.02. The lowest BCUT2D eigenvalue weighted by molar-refractivity contribution is -0.121. The maximum Gasteiger partial charge on any atom is 0.322 e. The van der Waals surface area contributed by atoms with Gasteiger partial charge < -0.3 is 15.5 Å². The zero-order valence-corrected chi connectivity index (χ0v) is 13.6. The highest BCUT2D eigenvalue weighted by Gasteiger charge is 2.25. The largest absolute Gasteiger partial charge is 0.354 e. The molecule has 1 atom stereocenters. The van der Waals surface area contributed by atoms with Gasteiger partial charge in [-0.05, 0) is 12.5 Å². The molecular weight excluding hydrogens is 306 g/mol. The van der Waals surface area contributed by atoms with Crippen LogP contribution >= 0.6 is 0 Å². The molecule has 0 saturated carbocycles. The van der Waals surface area contributed by atoms with Crippen molar-refractivity contribution in [3.8, 4) is 0 Å². The summed E-state index contributed by atoms with van der Waals surface area (Å²) in [4.78, 5) is 25.6. The van der Waals surface area contributed by atoms with Crippen molar-refractivity contribution in [2.75, 3.05) is 18.4 Å². The van der Waals surface area contributed by atoms with Crippen molar-refractivity contribution >= 4 is 17.6 Å². The number of urea groups is 1. The second-order valence-electron chi connectivity index (χ2n) is 5.94. The summed E-state index contributed by atoms with van der Waals surface area (Å²) in [5.41, 5.74) is 1.79. The Morgan fingerprint density at radius 1 is 1.38 bits per heavy atom. The summed E-state index contributed by atoms with van der Waals surface area (Å²) in [5.74, 6) is -0.0199. The first kappa shape index (κ1) is 16.0. The molecule has 126 valence electrons. The highest BCUT2D eigenvalue weighted by Crippen LogP contribution is 2.12. The van der Waals surface area contributed by atoms with Gasteiger partial charge in [0.25, 0.3) is 0 Å². The highest BCUT2D eigenvalue weighted by molar-refractivity contribution is 5.90. The van der Waals surface area contributed by atoms with Crippen molar-refractivity contribution < 1.29 is 9.59 Å². The Morgan fingerprint density at radius 2 is 2.17 bits per heavy atom. The Balaban J connectivity index is 1.61. The lowest BCUT2D eigenvalue weighted by Gasteiger charge is -2.25. The van der Waals surface area contributed by atoms with E-state index in [0.29, 0.717) is 31.7 Å². The number of hydrogen-bond acceptors (Lipinski definition) is 3. The van der Waals surface area contributed by atoms with Crippen LogP contribution in [0.4, 0.5) is 10.5 Å². The average Bonchev–Trinajstić information content (AvgIpc) is 2.91. The van der Waals surface area contributed by atoms with E-state index in [1.165, 1.54) is 0 Å². The molecular formula is C17H21N5O2. The van der Waals surface area contributed by atoms with Gasteiger partial charge in [0, 0.05) is 31.7 Å². The van der Waals surface area contributed by atoms with E-state index in [4.69, 9.17) is 0 Å². The minimum atomic E-state index is -0.210. The second-order valence-corrected chi connectivity index (χ2v) is 5.94. The fraction of sp³-hybridized carbons (Fsp3) is 0.353. The van der Waals surface area contributed by atoms with Crippen LogP contribution in [0.5, 0.6) is 0 Å². The number of carbonyl (C=O) groups excluding carboxylic acids is 2. The molecule has 1 fully saturated rings. The Morgan fingerprint density at radius 3 is 2.96 bits per heavy atom. The maximum atomic E-state index is 12.4. The predicted octanol–water partition coefficient (Wildman–Crippen LogP) is 1.67. The van der Waals surface area contributed by atoms with Crippen molar-refractivity contribution in [2.24, 2.45) is 0 Å². The quantitative estimate of drug-likeness (QED) is 0.900. The van der Waals surface area contributed by atoms with Gasteiger partial charge in [0.1, 0.15) is 0 Å². The predicted molar refractivity (Wildman–Crippen MR) is 90.6 cm³/mol. The summed E-state index contributed by atoms with van der Waals surface area (Å²) >= 11 is 0. The molecule has 1 aliphatic heterocycles. The van der Waals surface area contributed by atoms with E-state index >= 15 is 0 Å². The summed E-state index contributed by atoms with van der Waals surface area (Å²) in [6.07, 6.45) is 3.75. The van der Waals surface area contributed by atoms with E-state index in [1.54, 1.807) is 22.0 Å². The standard InChI is InChI=1S/C17H21N5O2/c1-13-9-16(23)18-7-8-22(13)17(24)20-15-10-19-21(12-15)11-14-5-3-2-4-6-14/h2-6,10,12-13H,7-9,11H2,1H3,(H,18,23)(H,20,24). The number of carbonyl (C=O) groups is 2. The van der Waals surface area contributed by atoms with Crippen LogP contribution in [0, 0.1) is 0 Å². The first-order valence-corrected chi connectivity index (χ1v) is 8.02. The molecule has 3 amide bonds. The van der Waals surface area contributed by atoms with Crippen LogP contribution in [-0.2, 0) is 11.3 Å². The molecule has 1 saturated heterocycles. The summed E-state index contributed by atoms with van der Waals surface area (Å²) < 4.78 is 1.78. The minimum absolute atomic E-state index is 0.0199. The van der Waals surface area contributed by atoms with Gasteiger partial charge in [-0.1, -0.05) is 30.3 Å². The van der Waals surface area contributed by atoms with Gasteiger partial charge in [-0.3, -0.25) is 9.48 Å². The Labute approximate surface area is 140 Å². The zero-order valence-electron chi connectivity index (χ0n) is 13.6. The van der Waals surface area contributed by atoms with Gasteiger partial charge in [-0.25, -0.2) is 4.79 Å². The molecule has 2 N–H and O–H groups in total. The molecule has 1 aliphatic rings. The van der Waals surface area contributed by atoms with Gasteiger partial charge in [0.2, 0.25) is 5.91 Å². The molecule has 3 rings (SSSR count). The number of hydrogen-bond donors (Lipinski definition) is 2. The molecule has 1 unspecified atom stereocenters. The number of amides is 3. The number of anilines is 1. The van der Waals surface area contributed by atoms with Crippen LogP contribution < -0.4 is 10.6 Å². The first-order chi connectivity index (χ1) is 11.6. The number of benzene rings is 1. The summed E-state index contributed by atoms with van der Waals surface area (Å²) in [7, 11) is 0. The number of rotatable bonds is 3. The normalized spacial score (nSPS) is 18.0. The molecule has 0 radical (unpaired) electrons. The van der Waals surface area contributed by atoms with Gasteiger partial charge >= 0.3 is 6.03 Å². The van der Waals surface area contributed by atoms with Gasteiger partial charge in [-0.15, -0.1) is 0 Å². The maximum absolute atomic E-state index is 12.4. The molecule has 0 bridgehead atoms. The topological polar surface area (TPSA) is 79.3 Å². The minimum Gasteiger partial charge on any atom is -0.354 e. The molecule has 2 aromatic rings. The van der Waals surface area contributed by atoms with Crippen LogP contribution in [0.1, 0.15) is 18.9 Å². The lowest BCUT2D eigenvalue weighted by atomic mass is 10.2. The number of aromatic nitrogens is 2. The number of nitrogens with one attached hydrogen (secondary N) is 2. The SMILES string of the molecule is CC1CC(=O)NCCN1C(=O)Nc1cnn(Cc2ccccc2)c1. The fourth-order valence-corrected chi connectivity index (χ4v) is 2.77. The van der Waals surface area contributed by atoms with Crippen LogP contribution in [-0.4, -0.2) is 45.8 Å². The first-order valence-electron chi connectivity index (χ1n) is 8.02. The number of nitrogens with zero attached hydrogens (tertiary/aromatic N) is 3. The molecule has 7 heteroatoms. The van der Waals surface area contributed by atoms with Crippen molar-refractivity contribution in [3.05, 3.63) is 48.3 Å². The van der Waals surface area contributed by atoms with Gasteiger partial charge in [0.05, 0.1) is 18.4 Å². The third-order valence-corrected chi connectivity index (χ3v) is 4.02. The molecule has 24 heavy (non-hydrogen) atoms. The fourth-order valence-electron chi connectivity index (χ4n) is 2.77. The molecule has 1 aromatic heterocycles. The van der Waals surface area contributed by atoms with Crippen LogP contribution in [0.25, 0.3) is 0 Å². The van der Waals surface area contributed by atoms with E-state index in [2.05, 4.69) is 15.7 Å². The zero-order chi connectivity index (χ0) is 16.9. The Bertz CT molecular complexity index is 713. The molecule has 7 nitrogen and oxygen atoms in total. The van der Waals surface area contributed by atoms with Crippen LogP contribution in [0.3, 0.4) is 0 Å². The molecule has 0 aliphatic carbocycles. The average molecular weight is 327 g/mol.